The summed E-state index contributed by atoms with van der Waals surface area (Å²) in [7, 11) is 0. The van der Waals surface area contributed by atoms with E-state index in [1.54, 1.807) is 13.8 Å². The topological polar surface area (TPSA) is 52.6 Å². The number of carbonyl (C=O) groups is 2. The van der Waals surface area contributed by atoms with Gasteiger partial charge in [0.1, 0.15) is 5.54 Å². The largest absolute Gasteiger partial charge is 0.369 e. The molecule has 124 valence electrons. The number of nitrogens with one attached hydrogen (secondary N) is 1. The van der Waals surface area contributed by atoms with E-state index in [0.717, 1.165) is 25.8 Å². The summed E-state index contributed by atoms with van der Waals surface area (Å²) in [4.78, 5) is 27.9. The molecule has 2 aliphatic heterocycles. The second kappa shape index (κ2) is 5.87. The number of hydrogen-bond donors (Lipinski definition) is 1. The van der Waals surface area contributed by atoms with Crippen LogP contribution in [0.3, 0.4) is 0 Å². The Hall–Kier alpha value is -2.04. The molecule has 0 aromatic heterocycles. The van der Waals surface area contributed by atoms with Crippen molar-refractivity contribution in [3.8, 4) is 0 Å². The maximum absolute atomic E-state index is 12.2. The first-order chi connectivity index (χ1) is 10.9. The van der Waals surface area contributed by atoms with Crippen molar-refractivity contribution in [1.29, 1.82) is 0 Å². The van der Waals surface area contributed by atoms with E-state index in [9.17, 15) is 9.59 Å². The predicted molar refractivity (Wildman–Crippen MR) is 90.5 cm³/mol. The van der Waals surface area contributed by atoms with Crippen molar-refractivity contribution in [2.75, 3.05) is 18.0 Å². The number of amides is 3. The van der Waals surface area contributed by atoms with Crippen molar-refractivity contribution in [3.63, 3.8) is 0 Å². The van der Waals surface area contributed by atoms with E-state index < -0.39 is 5.54 Å². The van der Waals surface area contributed by atoms with Crippen LogP contribution in [0, 0.1) is 0 Å². The minimum Gasteiger partial charge on any atom is -0.369 e. The van der Waals surface area contributed by atoms with Gasteiger partial charge in [-0.2, -0.15) is 0 Å². The highest BCUT2D eigenvalue weighted by Gasteiger charge is 2.43. The van der Waals surface area contributed by atoms with E-state index in [2.05, 4.69) is 41.4 Å². The lowest BCUT2D eigenvalue weighted by atomic mass is 9.96. The SMILES string of the molecule is C[C@@H]1CCc2ccccc2N1CCCN1C(=O)NC(C)(C)C1=O. The van der Waals surface area contributed by atoms with E-state index >= 15 is 0 Å². The molecule has 0 aliphatic carbocycles. The molecular formula is C18H25N3O2. The van der Waals surface area contributed by atoms with Gasteiger partial charge in [0.05, 0.1) is 0 Å². The highest BCUT2D eigenvalue weighted by atomic mass is 16.2. The lowest BCUT2D eigenvalue weighted by molar-refractivity contribution is -0.130. The Kier molecular flexibility index (Phi) is 4.04. The van der Waals surface area contributed by atoms with Crippen molar-refractivity contribution in [2.45, 2.75) is 51.6 Å². The van der Waals surface area contributed by atoms with Crippen LogP contribution in [0.5, 0.6) is 0 Å². The first-order valence-electron chi connectivity index (χ1n) is 8.39. The minimum absolute atomic E-state index is 0.130. The second-order valence-corrected chi connectivity index (χ2v) is 7.08. The maximum Gasteiger partial charge on any atom is 0.325 e. The van der Waals surface area contributed by atoms with Gasteiger partial charge >= 0.3 is 6.03 Å². The van der Waals surface area contributed by atoms with Gasteiger partial charge in [-0.1, -0.05) is 18.2 Å². The molecule has 1 fully saturated rings. The van der Waals surface area contributed by atoms with Gasteiger partial charge in [-0.3, -0.25) is 9.69 Å². The number of rotatable bonds is 4. The standard InChI is InChI=1S/C18H25N3O2/c1-13-9-10-14-7-4-5-8-15(14)20(13)11-6-12-21-16(22)18(2,3)19-17(21)23/h4-5,7-8,13H,6,9-12H2,1-3H3,(H,19,23)/t13-/m1/s1. The summed E-state index contributed by atoms with van der Waals surface area (Å²) in [6.07, 6.45) is 3.05. The molecule has 0 spiro atoms. The number of benzene rings is 1. The van der Waals surface area contributed by atoms with E-state index in [4.69, 9.17) is 0 Å². The number of imide groups is 1. The number of aryl methyl sites for hydroxylation is 1. The fourth-order valence-corrected chi connectivity index (χ4v) is 3.52. The Morgan fingerprint density at radius 1 is 1.22 bits per heavy atom. The number of nitrogens with zero attached hydrogens (tertiary/aromatic N) is 2. The van der Waals surface area contributed by atoms with Crippen molar-refractivity contribution >= 4 is 17.6 Å². The van der Waals surface area contributed by atoms with Crippen LogP contribution in [0.2, 0.25) is 0 Å². The van der Waals surface area contributed by atoms with E-state index in [0.29, 0.717) is 12.6 Å². The summed E-state index contributed by atoms with van der Waals surface area (Å²) in [6.45, 7) is 7.06. The molecule has 2 heterocycles. The highest BCUT2D eigenvalue weighted by molar-refractivity contribution is 6.06. The number of para-hydroxylation sites is 1. The molecule has 0 bridgehead atoms. The quantitative estimate of drug-likeness (QED) is 0.869. The lowest BCUT2D eigenvalue weighted by Crippen LogP contribution is -2.41. The zero-order valence-electron chi connectivity index (χ0n) is 14.1. The van der Waals surface area contributed by atoms with Crippen molar-refractivity contribution in [1.82, 2.24) is 10.2 Å². The summed E-state index contributed by atoms with van der Waals surface area (Å²) < 4.78 is 0. The average Bonchev–Trinajstić information content (AvgIpc) is 2.71. The third-order valence-electron chi connectivity index (χ3n) is 4.89. The second-order valence-electron chi connectivity index (χ2n) is 7.08. The van der Waals surface area contributed by atoms with Gasteiger partial charge in [0, 0.05) is 24.8 Å². The van der Waals surface area contributed by atoms with Crippen LogP contribution in [0.25, 0.3) is 0 Å². The van der Waals surface area contributed by atoms with Gasteiger partial charge in [-0.15, -0.1) is 0 Å². The number of anilines is 1. The van der Waals surface area contributed by atoms with Gasteiger partial charge < -0.3 is 10.2 Å². The Morgan fingerprint density at radius 2 is 1.96 bits per heavy atom. The first-order valence-corrected chi connectivity index (χ1v) is 8.39. The van der Waals surface area contributed by atoms with Gasteiger partial charge in [-0.05, 0) is 51.7 Å². The van der Waals surface area contributed by atoms with Gasteiger partial charge in [0.2, 0.25) is 0 Å². The molecule has 0 radical (unpaired) electrons. The monoisotopic (exact) mass is 315 g/mol. The number of carbonyl (C=O) groups excluding carboxylic acids is 2. The molecule has 3 rings (SSSR count). The Morgan fingerprint density at radius 3 is 2.65 bits per heavy atom. The maximum atomic E-state index is 12.2. The molecule has 1 N–H and O–H groups in total. The molecule has 1 atom stereocenters. The molecule has 1 aromatic carbocycles. The number of fused-ring (bicyclic) bond motifs is 1. The smallest absolute Gasteiger partial charge is 0.325 e. The van der Waals surface area contributed by atoms with Gasteiger partial charge in [-0.25, -0.2) is 4.79 Å². The molecule has 3 amide bonds. The fraction of sp³-hybridized carbons (Fsp3) is 0.556. The van der Waals surface area contributed by atoms with Crippen LogP contribution >= 0.6 is 0 Å². The number of urea groups is 1. The molecule has 1 saturated heterocycles. The van der Waals surface area contributed by atoms with Crippen molar-refractivity contribution in [2.24, 2.45) is 0 Å². The molecule has 1 aromatic rings. The average molecular weight is 315 g/mol. The molecule has 2 aliphatic rings. The molecule has 0 unspecified atom stereocenters. The molecule has 0 saturated carbocycles. The Balaban J connectivity index is 1.63. The lowest BCUT2D eigenvalue weighted by Gasteiger charge is -2.37. The van der Waals surface area contributed by atoms with Crippen LogP contribution in [0.4, 0.5) is 10.5 Å². The third kappa shape index (κ3) is 2.92. The normalized spacial score (nSPS) is 23.0. The zero-order chi connectivity index (χ0) is 16.6. The van der Waals surface area contributed by atoms with E-state index in [-0.39, 0.29) is 11.9 Å². The summed E-state index contributed by atoms with van der Waals surface area (Å²) >= 11 is 0. The van der Waals surface area contributed by atoms with Gasteiger partial charge in [0.25, 0.3) is 5.91 Å². The summed E-state index contributed by atoms with van der Waals surface area (Å²) in [5.41, 5.74) is 1.91. The van der Waals surface area contributed by atoms with Crippen molar-refractivity contribution in [3.05, 3.63) is 29.8 Å². The summed E-state index contributed by atoms with van der Waals surface area (Å²) in [5.74, 6) is -0.130. The summed E-state index contributed by atoms with van der Waals surface area (Å²) in [6, 6.07) is 8.74. The van der Waals surface area contributed by atoms with Crippen LogP contribution in [0.1, 0.15) is 39.2 Å². The summed E-state index contributed by atoms with van der Waals surface area (Å²) in [5, 5.41) is 2.73. The van der Waals surface area contributed by atoms with Crippen LogP contribution < -0.4 is 10.2 Å². The molecule has 5 nitrogen and oxygen atoms in total. The fourth-order valence-electron chi connectivity index (χ4n) is 3.52. The van der Waals surface area contributed by atoms with E-state index in [1.165, 1.54) is 16.2 Å². The molecular weight excluding hydrogens is 290 g/mol. The van der Waals surface area contributed by atoms with Crippen LogP contribution in [0.15, 0.2) is 24.3 Å². The molecule has 5 heteroatoms. The number of hydrogen-bond acceptors (Lipinski definition) is 3. The minimum atomic E-state index is -0.776. The van der Waals surface area contributed by atoms with Crippen molar-refractivity contribution < 1.29 is 9.59 Å². The Bertz CT molecular complexity index is 626. The van der Waals surface area contributed by atoms with Crippen LogP contribution in [-0.2, 0) is 11.2 Å². The molecule has 23 heavy (non-hydrogen) atoms. The third-order valence-corrected chi connectivity index (χ3v) is 4.89. The predicted octanol–water partition coefficient (Wildman–Crippen LogP) is 2.55. The highest BCUT2D eigenvalue weighted by Crippen LogP contribution is 2.30. The Labute approximate surface area is 137 Å². The van der Waals surface area contributed by atoms with Gasteiger partial charge in [0.15, 0.2) is 0 Å². The zero-order valence-corrected chi connectivity index (χ0v) is 14.1. The first kappa shape index (κ1) is 15.8. The van der Waals surface area contributed by atoms with Crippen LogP contribution in [-0.4, -0.2) is 41.5 Å². The van der Waals surface area contributed by atoms with E-state index in [1.807, 2.05) is 0 Å².